The average Bonchev–Trinajstić information content (AvgIpc) is 2.27. The molecule has 0 unspecified atom stereocenters. The van der Waals surface area contributed by atoms with E-state index in [1.165, 1.54) is 0 Å². The second kappa shape index (κ2) is 5.23. The highest BCUT2D eigenvalue weighted by atomic mass is 35.5. The van der Waals surface area contributed by atoms with E-state index < -0.39 is 5.97 Å². The van der Waals surface area contributed by atoms with Crippen LogP contribution in [0.15, 0.2) is 42.5 Å². The molecule has 0 amide bonds. The van der Waals surface area contributed by atoms with E-state index in [9.17, 15) is 4.79 Å². The van der Waals surface area contributed by atoms with Crippen LogP contribution in [0.4, 0.5) is 0 Å². The van der Waals surface area contributed by atoms with Crippen molar-refractivity contribution in [2.75, 3.05) is 0 Å². The van der Waals surface area contributed by atoms with Crippen molar-refractivity contribution in [1.82, 2.24) is 0 Å². The minimum absolute atomic E-state index is 0.400. The fraction of sp³-hybridized carbons (Fsp3) is 0.133. The highest BCUT2D eigenvalue weighted by molar-refractivity contribution is 6.30. The third kappa shape index (κ3) is 3.11. The summed E-state index contributed by atoms with van der Waals surface area (Å²) < 4.78 is 5.32. The number of carbonyl (C=O) groups excluding carboxylic acids is 1. The van der Waals surface area contributed by atoms with Gasteiger partial charge < -0.3 is 4.74 Å². The highest BCUT2D eigenvalue weighted by Crippen LogP contribution is 2.18. The SMILES string of the molecule is Cc1cc(C)cc(OC(=O)c2cccc(Cl)c2)c1. The number of rotatable bonds is 2. The van der Waals surface area contributed by atoms with E-state index in [1.54, 1.807) is 24.3 Å². The van der Waals surface area contributed by atoms with Crippen molar-refractivity contribution >= 4 is 17.6 Å². The lowest BCUT2D eigenvalue weighted by Gasteiger charge is -2.06. The molecule has 0 spiro atoms. The molecule has 0 aliphatic heterocycles. The number of carbonyl (C=O) groups is 1. The second-order valence-corrected chi connectivity index (χ2v) is 4.66. The first kappa shape index (κ1) is 12.7. The Morgan fingerprint density at radius 1 is 1.06 bits per heavy atom. The molecule has 2 aromatic rings. The summed E-state index contributed by atoms with van der Waals surface area (Å²) in [4.78, 5) is 11.9. The molecule has 0 saturated carbocycles. The van der Waals surface area contributed by atoms with E-state index in [4.69, 9.17) is 16.3 Å². The van der Waals surface area contributed by atoms with Gasteiger partial charge in [-0.1, -0.05) is 23.7 Å². The molecule has 0 aromatic heterocycles. The smallest absolute Gasteiger partial charge is 0.343 e. The zero-order valence-electron chi connectivity index (χ0n) is 10.2. The molecule has 0 atom stereocenters. The van der Waals surface area contributed by atoms with E-state index in [-0.39, 0.29) is 0 Å². The first-order chi connectivity index (χ1) is 8.54. The van der Waals surface area contributed by atoms with Gasteiger partial charge in [0.25, 0.3) is 0 Å². The van der Waals surface area contributed by atoms with Gasteiger partial charge in [-0.2, -0.15) is 0 Å². The van der Waals surface area contributed by atoms with Gasteiger partial charge in [0.05, 0.1) is 5.56 Å². The number of esters is 1. The standard InChI is InChI=1S/C15H13ClO2/c1-10-6-11(2)8-14(7-10)18-15(17)12-4-3-5-13(16)9-12/h3-9H,1-2H3. The fourth-order valence-electron chi connectivity index (χ4n) is 1.77. The lowest BCUT2D eigenvalue weighted by molar-refractivity contribution is 0.0734. The normalized spacial score (nSPS) is 10.2. The second-order valence-electron chi connectivity index (χ2n) is 4.22. The number of hydrogen-bond donors (Lipinski definition) is 0. The van der Waals surface area contributed by atoms with Crippen LogP contribution in [0, 0.1) is 13.8 Å². The number of ether oxygens (including phenoxy) is 1. The van der Waals surface area contributed by atoms with Crippen LogP contribution in [0.1, 0.15) is 21.5 Å². The van der Waals surface area contributed by atoms with Crippen molar-refractivity contribution < 1.29 is 9.53 Å². The first-order valence-electron chi connectivity index (χ1n) is 5.60. The summed E-state index contributed by atoms with van der Waals surface area (Å²) in [5.41, 5.74) is 2.56. The molecule has 3 heteroatoms. The molecule has 0 heterocycles. The summed E-state index contributed by atoms with van der Waals surface area (Å²) in [6.07, 6.45) is 0. The van der Waals surface area contributed by atoms with Gasteiger partial charge in [0.15, 0.2) is 0 Å². The Kier molecular flexibility index (Phi) is 3.68. The molecule has 0 fully saturated rings. The molecule has 92 valence electrons. The third-order valence-corrected chi connectivity index (χ3v) is 2.70. The van der Waals surface area contributed by atoms with Gasteiger partial charge in [-0.25, -0.2) is 4.79 Å². The minimum atomic E-state index is -0.400. The number of benzene rings is 2. The lowest BCUT2D eigenvalue weighted by atomic mass is 10.1. The van der Waals surface area contributed by atoms with Crippen molar-refractivity contribution in [2.24, 2.45) is 0 Å². The molecule has 2 nitrogen and oxygen atoms in total. The van der Waals surface area contributed by atoms with Gasteiger partial charge in [0, 0.05) is 5.02 Å². The molecule has 0 N–H and O–H groups in total. The molecule has 0 bridgehead atoms. The van der Waals surface area contributed by atoms with Gasteiger partial charge >= 0.3 is 5.97 Å². The quantitative estimate of drug-likeness (QED) is 0.598. The van der Waals surface area contributed by atoms with Gasteiger partial charge in [0.1, 0.15) is 5.75 Å². The molecular weight excluding hydrogens is 248 g/mol. The van der Waals surface area contributed by atoms with Crippen molar-refractivity contribution in [3.63, 3.8) is 0 Å². The van der Waals surface area contributed by atoms with E-state index in [2.05, 4.69) is 0 Å². The van der Waals surface area contributed by atoms with Crippen LogP contribution in [-0.4, -0.2) is 5.97 Å². The molecule has 0 saturated heterocycles. The zero-order valence-corrected chi connectivity index (χ0v) is 11.0. The van der Waals surface area contributed by atoms with E-state index >= 15 is 0 Å². The van der Waals surface area contributed by atoms with Crippen LogP contribution < -0.4 is 4.74 Å². The van der Waals surface area contributed by atoms with Crippen LogP contribution in [0.25, 0.3) is 0 Å². The number of halogens is 1. The predicted octanol–water partition coefficient (Wildman–Crippen LogP) is 4.18. The molecule has 0 radical (unpaired) electrons. The Morgan fingerprint density at radius 2 is 1.72 bits per heavy atom. The van der Waals surface area contributed by atoms with Crippen LogP contribution in [-0.2, 0) is 0 Å². The zero-order chi connectivity index (χ0) is 13.1. The molecule has 2 rings (SSSR count). The summed E-state index contributed by atoms with van der Waals surface area (Å²) >= 11 is 5.83. The summed E-state index contributed by atoms with van der Waals surface area (Å²) in [5.74, 6) is 0.153. The molecular formula is C15H13ClO2. The summed E-state index contributed by atoms with van der Waals surface area (Å²) in [6.45, 7) is 3.92. The minimum Gasteiger partial charge on any atom is -0.423 e. The Labute approximate surface area is 111 Å². The fourth-order valence-corrected chi connectivity index (χ4v) is 1.96. The van der Waals surface area contributed by atoms with E-state index in [1.807, 2.05) is 32.0 Å². The third-order valence-electron chi connectivity index (χ3n) is 2.47. The van der Waals surface area contributed by atoms with Gasteiger partial charge in [-0.15, -0.1) is 0 Å². The van der Waals surface area contributed by atoms with E-state index in [0.717, 1.165) is 11.1 Å². The average molecular weight is 261 g/mol. The van der Waals surface area contributed by atoms with Crippen LogP contribution in [0.3, 0.4) is 0 Å². The molecule has 0 aliphatic rings. The monoisotopic (exact) mass is 260 g/mol. The van der Waals surface area contributed by atoms with Crippen LogP contribution >= 0.6 is 11.6 Å². The highest BCUT2D eigenvalue weighted by Gasteiger charge is 2.09. The van der Waals surface area contributed by atoms with E-state index in [0.29, 0.717) is 16.3 Å². The first-order valence-corrected chi connectivity index (χ1v) is 5.98. The lowest BCUT2D eigenvalue weighted by Crippen LogP contribution is -2.08. The maximum Gasteiger partial charge on any atom is 0.343 e. The number of aryl methyl sites for hydroxylation is 2. The molecule has 2 aromatic carbocycles. The van der Waals surface area contributed by atoms with Crippen molar-refractivity contribution in [2.45, 2.75) is 13.8 Å². The number of hydrogen-bond acceptors (Lipinski definition) is 2. The van der Waals surface area contributed by atoms with Crippen molar-refractivity contribution in [3.05, 3.63) is 64.2 Å². The van der Waals surface area contributed by atoms with Gasteiger partial charge in [-0.05, 0) is 55.3 Å². The Balaban J connectivity index is 2.21. The molecule has 18 heavy (non-hydrogen) atoms. The summed E-state index contributed by atoms with van der Waals surface area (Å²) in [6, 6.07) is 12.4. The summed E-state index contributed by atoms with van der Waals surface area (Å²) in [5, 5.41) is 0.518. The van der Waals surface area contributed by atoms with Gasteiger partial charge in [-0.3, -0.25) is 0 Å². The van der Waals surface area contributed by atoms with Crippen molar-refractivity contribution in [3.8, 4) is 5.75 Å². The Bertz CT molecular complexity index is 571. The maximum atomic E-state index is 11.9. The molecule has 0 aliphatic carbocycles. The van der Waals surface area contributed by atoms with Crippen LogP contribution in [0.5, 0.6) is 5.75 Å². The Hall–Kier alpha value is -1.80. The maximum absolute atomic E-state index is 11.9. The van der Waals surface area contributed by atoms with Gasteiger partial charge in [0.2, 0.25) is 0 Å². The van der Waals surface area contributed by atoms with Crippen molar-refractivity contribution in [1.29, 1.82) is 0 Å². The topological polar surface area (TPSA) is 26.3 Å². The predicted molar refractivity (Wildman–Crippen MR) is 72.3 cm³/mol. The Morgan fingerprint density at radius 3 is 2.33 bits per heavy atom. The summed E-state index contributed by atoms with van der Waals surface area (Å²) in [7, 11) is 0. The largest absolute Gasteiger partial charge is 0.423 e. The van der Waals surface area contributed by atoms with Crippen LogP contribution in [0.2, 0.25) is 5.02 Å².